The minimum Gasteiger partial charge on any atom is -0.507 e. The molecule has 3 saturated carbocycles. The Morgan fingerprint density at radius 3 is 2.37 bits per heavy atom. The number of aromatic hydroxyl groups is 1. The molecule has 2 N–H and O–H groups in total. The van der Waals surface area contributed by atoms with E-state index in [1.165, 1.54) is 7.11 Å². The molecule has 7 atom stereocenters. The Morgan fingerprint density at radius 1 is 1.09 bits per heavy atom. The molecule has 0 aromatic heterocycles. The van der Waals surface area contributed by atoms with Gasteiger partial charge in [-0.2, -0.15) is 0 Å². The minimum absolute atomic E-state index is 0.0189. The number of aliphatic hydroxyl groups is 1. The van der Waals surface area contributed by atoms with Crippen LogP contribution in [0.3, 0.4) is 0 Å². The summed E-state index contributed by atoms with van der Waals surface area (Å²) in [7, 11) is 1.36. The van der Waals surface area contributed by atoms with Crippen molar-refractivity contribution in [2.45, 2.75) is 115 Å². The van der Waals surface area contributed by atoms with Gasteiger partial charge >= 0.3 is 0 Å². The molecular formula is C34H42O9. The van der Waals surface area contributed by atoms with E-state index < -0.39 is 57.3 Å². The number of ketones is 2. The van der Waals surface area contributed by atoms with E-state index in [9.17, 15) is 24.6 Å². The molecule has 4 fully saturated rings. The van der Waals surface area contributed by atoms with Gasteiger partial charge < -0.3 is 29.2 Å². The van der Waals surface area contributed by atoms with Gasteiger partial charge in [0, 0.05) is 36.0 Å². The number of carbonyl (C=O) groups excluding carboxylic acids is 3. The Bertz CT molecular complexity index is 1530. The van der Waals surface area contributed by atoms with Crippen LogP contribution in [0.1, 0.15) is 89.7 Å². The number of hydrogen-bond acceptors (Lipinski definition) is 9. The fraction of sp³-hybridized carbons (Fsp3) is 0.618. The van der Waals surface area contributed by atoms with Crippen LogP contribution in [-0.4, -0.2) is 69.8 Å². The Morgan fingerprint density at radius 2 is 1.77 bits per heavy atom. The highest BCUT2D eigenvalue weighted by molar-refractivity contribution is 6.11. The van der Waals surface area contributed by atoms with Crippen molar-refractivity contribution in [1.29, 1.82) is 0 Å². The van der Waals surface area contributed by atoms with Crippen LogP contribution in [0.4, 0.5) is 0 Å². The Labute approximate surface area is 252 Å². The van der Waals surface area contributed by atoms with Crippen molar-refractivity contribution in [1.82, 2.24) is 0 Å². The van der Waals surface area contributed by atoms with Crippen LogP contribution in [-0.2, 0) is 30.9 Å². The van der Waals surface area contributed by atoms with Crippen molar-refractivity contribution in [2.24, 2.45) is 11.8 Å². The first-order chi connectivity index (χ1) is 20.0. The van der Waals surface area contributed by atoms with Gasteiger partial charge in [0.15, 0.2) is 22.6 Å². The predicted octanol–water partition coefficient (Wildman–Crippen LogP) is 4.32. The number of carbonyl (C=O) groups is 3. The third kappa shape index (κ3) is 3.36. The highest BCUT2D eigenvalue weighted by atomic mass is 16.6. The third-order valence-corrected chi connectivity index (χ3v) is 11.1. The summed E-state index contributed by atoms with van der Waals surface area (Å²) in [6, 6.07) is 0. The summed E-state index contributed by atoms with van der Waals surface area (Å²) in [6.45, 7) is 15.2. The second-order valence-electron chi connectivity index (χ2n) is 14.4. The molecule has 43 heavy (non-hydrogen) atoms. The van der Waals surface area contributed by atoms with E-state index in [2.05, 4.69) is 0 Å². The number of benzene rings is 1. The van der Waals surface area contributed by atoms with Crippen LogP contribution < -0.4 is 9.47 Å². The van der Waals surface area contributed by atoms with Crippen molar-refractivity contribution in [3.8, 4) is 17.2 Å². The van der Waals surface area contributed by atoms with Gasteiger partial charge in [-0.1, -0.05) is 31.6 Å². The minimum atomic E-state index is -1.75. The maximum atomic E-state index is 14.9. The van der Waals surface area contributed by atoms with Gasteiger partial charge in [-0.3, -0.25) is 14.4 Å². The van der Waals surface area contributed by atoms with Gasteiger partial charge in [-0.15, -0.1) is 0 Å². The normalized spacial score (nSPS) is 37.7. The van der Waals surface area contributed by atoms with E-state index in [0.29, 0.717) is 35.2 Å². The zero-order valence-corrected chi connectivity index (χ0v) is 26.4. The fourth-order valence-electron chi connectivity index (χ4n) is 8.62. The summed E-state index contributed by atoms with van der Waals surface area (Å²) >= 11 is 0. The van der Waals surface area contributed by atoms with Crippen LogP contribution >= 0.6 is 0 Å². The second kappa shape index (κ2) is 9.02. The molecule has 3 aliphatic heterocycles. The molecule has 1 saturated heterocycles. The summed E-state index contributed by atoms with van der Waals surface area (Å²) in [5.41, 5.74) is -4.19. The Kier molecular flexibility index (Phi) is 6.30. The lowest BCUT2D eigenvalue weighted by atomic mass is 9.44. The Balaban J connectivity index is 1.71. The number of rotatable bonds is 6. The monoisotopic (exact) mass is 594 g/mol. The van der Waals surface area contributed by atoms with Gasteiger partial charge in [0.05, 0.1) is 11.5 Å². The first-order valence-corrected chi connectivity index (χ1v) is 15.0. The summed E-state index contributed by atoms with van der Waals surface area (Å²) in [5, 5.41) is 23.8. The molecule has 6 aliphatic rings. The quantitative estimate of drug-likeness (QED) is 0.281. The van der Waals surface area contributed by atoms with Gasteiger partial charge in [0.2, 0.25) is 5.78 Å². The number of phenolic OH excluding ortho intramolecular Hbond substituents is 1. The lowest BCUT2D eigenvalue weighted by molar-refractivity contribution is -0.263. The molecule has 4 bridgehead atoms. The van der Waals surface area contributed by atoms with E-state index in [1.807, 2.05) is 54.5 Å². The SMILES string of the molecule is CO[C@]12C[C@@H]3C(C)(C)O[C@](C/C=C(\C)C=O)(C1=O)[C@@]31Oc3c(c(O)c(CC=C(C)C)c4c3C(C)(C)[C@H](C)O4)C(=O)[C@H]1[C@@H]2O. The molecule has 9 nitrogen and oxygen atoms in total. The third-order valence-electron chi connectivity index (χ3n) is 11.1. The van der Waals surface area contributed by atoms with Crippen LogP contribution in [0, 0.1) is 11.8 Å². The van der Waals surface area contributed by atoms with Crippen LogP contribution in [0.5, 0.6) is 17.2 Å². The number of phenols is 1. The van der Waals surface area contributed by atoms with Gasteiger partial charge in [0.25, 0.3) is 0 Å². The summed E-state index contributed by atoms with van der Waals surface area (Å²) in [4.78, 5) is 41.2. The van der Waals surface area contributed by atoms with Crippen molar-refractivity contribution >= 4 is 17.9 Å². The molecule has 3 heterocycles. The molecule has 1 aromatic rings. The second-order valence-corrected chi connectivity index (χ2v) is 14.4. The Hall–Kier alpha value is -3.01. The number of methoxy groups -OCH3 is 1. The smallest absolute Gasteiger partial charge is 0.203 e. The zero-order valence-electron chi connectivity index (χ0n) is 26.4. The highest BCUT2D eigenvalue weighted by Gasteiger charge is 2.89. The largest absolute Gasteiger partial charge is 0.507 e. The van der Waals surface area contributed by atoms with E-state index in [1.54, 1.807) is 13.0 Å². The lowest BCUT2D eigenvalue weighted by Gasteiger charge is -2.65. The molecule has 7 rings (SSSR count). The number of aliphatic hydroxyl groups excluding tert-OH is 1. The summed E-state index contributed by atoms with van der Waals surface area (Å²) < 4.78 is 26.1. The van der Waals surface area contributed by atoms with Crippen LogP contribution in [0.25, 0.3) is 0 Å². The molecule has 0 unspecified atom stereocenters. The lowest BCUT2D eigenvalue weighted by Crippen LogP contribution is -2.86. The van der Waals surface area contributed by atoms with Gasteiger partial charge in [-0.05, 0) is 60.0 Å². The van der Waals surface area contributed by atoms with E-state index in [4.69, 9.17) is 18.9 Å². The fourth-order valence-corrected chi connectivity index (χ4v) is 8.62. The van der Waals surface area contributed by atoms with Crippen molar-refractivity contribution in [3.05, 3.63) is 40.0 Å². The molecule has 0 radical (unpaired) electrons. The highest BCUT2D eigenvalue weighted by Crippen LogP contribution is 2.72. The predicted molar refractivity (Wildman–Crippen MR) is 157 cm³/mol. The molecule has 0 amide bonds. The molecular weight excluding hydrogens is 552 g/mol. The molecule has 9 heteroatoms. The number of aldehydes is 1. The van der Waals surface area contributed by atoms with Gasteiger partial charge in [0.1, 0.15) is 41.3 Å². The average Bonchev–Trinajstić information content (AvgIpc) is 3.24. The van der Waals surface area contributed by atoms with E-state index in [-0.39, 0.29) is 36.0 Å². The number of allylic oxidation sites excluding steroid dienone is 3. The van der Waals surface area contributed by atoms with Crippen molar-refractivity contribution < 1.29 is 43.5 Å². The number of Topliss-reactive ketones (excluding diaryl/α,β-unsaturated/α-hetero) is 2. The number of ether oxygens (including phenoxy) is 4. The zero-order chi connectivity index (χ0) is 31.7. The molecule has 1 aromatic carbocycles. The first-order valence-electron chi connectivity index (χ1n) is 15.0. The van der Waals surface area contributed by atoms with Gasteiger partial charge in [-0.25, -0.2) is 0 Å². The van der Waals surface area contributed by atoms with Crippen molar-refractivity contribution in [3.63, 3.8) is 0 Å². The standard InChI is InChI=1S/C34H42O9/c1-16(2)10-11-19-24(36)21-25(37)22-28(38)32(40-9)14-20-31(7,8)43-33(29(32)39,13-12-17(3)15-35)34(20,22)42-27(21)23-26(19)41-18(4)30(23,5)6/h10,12,15,18,20,22,28,36,38H,11,13-14H2,1-9H3/b17-12+/t18-,20+,22-,28-,32-,33+,34+/m0/s1. The van der Waals surface area contributed by atoms with Crippen molar-refractivity contribution in [2.75, 3.05) is 7.11 Å². The van der Waals surface area contributed by atoms with E-state index in [0.717, 1.165) is 5.57 Å². The van der Waals surface area contributed by atoms with E-state index >= 15 is 0 Å². The molecule has 232 valence electrons. The number of hydrogen-bond donors (Lipinski definition) is 2. The molecule has 3 aliphatic carbocycles. The maximum Gasteiger partial charge on any atom is 0.203 e. The summed E-state index contributed by atoms with van der Waals surface area (Å²) in [5.74, 6) is -2.49. The van der Waals surface area contributed by atoms with Crippen LogP contribution in [0.15, 0.2) is 23.3 Å². The van der Waals surface area contributed by atoms with Crippen LogP contribution in [0.2, 0.25) is 0 Å². The molecule has 1 spiro atoms. The topological polar surface area (TPSA) is 129 Å². The summed E-state index contributed by atoms with van der Waals surface area (Å²) in [6.07, 6.45) is 2.76. The first kappa shape index (κ1) is 30.0. The number of fused-ring (bicyclic) bond motifs is 3. The maximum absolute atomic E-state index is 14.9. The average molecular weight is 595 g/mol.